The number of nitrogens with one attached hydrogen (secondary N) is 1. The molecule has 3 rings (SSSR count). The number of carbonyl (C=O) groups is 1. The van der Waals surface area contributed by atoms with Crippen LogP contribution in [0.4, 0.5) is 8.78 Å². The molecule has 7 nitrogen and oxygen atoms in total. The molecule has 0 saturated carbocycles. The average molecular weight is 348 g/mol. The normalized spacial score (nSPS) is 10.9. The molecule has 1 N–H and O–H groups in total. The van der Waals surface area contributed by atoms with Crippen molar-refractivity contribution in [2.24, 2.45) is 0 Å². The lowest BCUT2D eigenvalue weighted by atomic mass is 10.2. The van der Waals surface area contributed by atoms with E-state index >= 15 is 0 Å². The van der Waals surface area contributed by atoms with E-state index in [-0.39, 0.29) is 18.0 Å². The maximum Gasteiger partial charge on any atom is 0.387 e. The largest absolute Gasteiger partial charge is 0.467 e. The minimum Gasteiger partial charge on any atom is -0.467 e. The van der Waals surface area contributed by atoms with Crippen molar-refractivity contribution in [1.29, 1.82) is 0 Å². The van der Waals surface area contributed by atoms with Gasteiger partial charge in [-0.15, -0.1) is 5.10 Å². The summed E-state index contributed by atoms with van der Waals surface area (Å²) in [7, 11) is 0. The summed E-state index contributed by atoms with van der Waals surface area (Å²) >= 11 is 0. The summed E-state index contributed by atoms with van der Waals surface area (Å²) in [6.45, 7) is -0.966. The van der Waals surface area contributed by atoms with Crippen LogP contribution in [0.2, 0.25) is 0 Å². The lowest BCUT2D eigenvalue weighted by molar-refractivity contribution is -0.0498. The van der Waals surface area contributed by atoms with Crippen LogP contribution in [0.15, 0.2) is 47.1 Å². The molecule has 2 aromatic heterocycles. The van der Waals surface area contributed by atoms with E-state index in [2.05, 4.69) is 20.4 Å². The molecular formula is C16H14F2N4O3. The highest BCUT2D eigenvalue weighted by Gasteiger charge is 2.17. The number of ether oxygens (including phenoxy) is 1. The van der Waals surface area contributed by atoms with Crippen LogP contribution in [0, 0.1) is 6.92 Å². The fraction of sp³-hybridized carbons (Fsp3) is 0.188. The molecule has 1 amide bonds. The second-order valence-electron chi connectivity index (χ2n) is 5.07. The fourth-order valence-corrected chi connectivity index (χ4v) is 2.22. The van der Waals surface area contributed by atoms with Crippen molar-refractivity contribution in [2.75, 3.05) is 0 Å². The predicted octanol–water partition coefficient (Wildman–Crippen LogP) is 2.70. The average Bonchev–Trinajstić information content (AvgIpc) is 3.23. The molecule has 25 heavy (non-hydrogen) atoms. The molecule has 3 aromatic rings. The standard InChI is InChI=1S/C16H14F2N4O3/c1-10-14(15(23)19-9-13-3-2-8-24-13)20-21-22(10)11-4-6-12(7-5-11)25-16(17)18/h2-8,16H,9H2,1H3,(H,19,23). The lowest BCUT2D eigenvalue weighted by Gasteiger charge is -2.07. The van der Waals surface area contributed by atoms with Crippen LogP contribution in [-0.4, -0.2) is 27.5 Å². The summed E-state index contributed by atoms with van der Waals surface area (Å²) in [4.78, 5) is 12.2. The van der Waals surface area contributed by atoms with Gasteiger partial charge in [-0.25, -0.2) is 4.68 Å². The van der Waals surface area contributed by atoms with E-state index in [0.717, 1.165) is 0 Å². The highest BCUT2D eigenvalue weighted by atomic mass is 19.3. The Balaban J connectivity index is 1.73. The molecule has 0 saturated heterocycles. The number of benzene rings is 1. The van der Waals surface area contributed by atoms with E-state index in [0.29, 0.717) is 17.1 Å². The number of amides is 1. The third-order valence-corrected chi connectivity index (χ3v) is 3.42. The van der Waals surface area contributed by atoms with Gasteiger partial charge in [0, 0.05) is 0 Å². The van der Waals surface area contributed by atoms with Gasteiger partial charge in [0.2, 0.25) is 0 Å². The van der Waals surface area contributed by atoms with E-state index < -0.39 is 12.5 Å². The number of hydrogen-bond acceptors (Lipinski definition) is 5. The minimum absolute atomic E-state index is 0.0351. The zero-order valence-corrected chi connectivity index (χ0v) is 13.1. The fourth-order valence-electron chi connectivity index (χ4n) is 2.22. The van der Waals surface area contributed by atoms with Gasteiger partial charge in [-0.3, -0.25) is 4.79 Å². The smallest absolute Gasteiger partial charge is 0.387 e. The van der Waals surface area contributed by atoms with E-state index in [1.807, 2.05) is 0 Å². The monoisotopic (exact) mass is 348 g/mol. The molecule has 2 heterocycles. The summed E-state index contributed by atoms with van der Waals surface area (Å²) in [5, 5.41) is 10.5. The number of furan rings is 1. The van der Waals surface area contributed by atoms with Crippen LogP contribution in [0.5, 0.6) is 5.75 Å². The van der Waals surface area contributed by atoms with Crippen LogP contribution >= 0.6 is 0 Å². The topological polar surface area (TPSA) is 82.2 Å². The highest BCUT2D eigenvalue weighted by molar-refractivity contribution is 5.93. The summed E-state index contributed by atoms with van der Waals surface area (Å²) in [5.41, 5.74) is 1.25. The molecule has 0 radical (unpaired) electrons. The van der Waals surface area contributed by atoms with Crippen LogP contribution < -0.4 is 10.1 Å². The first-order valence-corrected chi connectivity index (χ1v) is 7.32. The number of hydrogen-bond donors (Lipinski definition) is 1. The maximum atomic E-state index is 12.2. The van der Waals surface area contributed by atoms with Crippen molar-refractivity contribution in [3.8, 4) is 11.4 Å². The van der Waals surface area contributed by atoms with Crippen LogP contribution in [0.3, 0.4) is 0 Å². The first-order valence-electron chi connectivity index (χ1n) is 7.32. The Hall–Kier alpha value is -3.23. The van der Waals surface area contributed by atoms with Crippen molar-refractivity contribution < 1.29 is 22.7 Å². The predicted molar refractivity (Wildman–Crippen MR) is 82.6 cm³/mol. The number of aromatic nitrogens is 3. The highest BCUT2D eigenvalue weighted by Crippen LogP contribution is 2.18. The Morgan fingerprint density at radius 2 is 2.08 bits per heavy atom. The second-order valence-corrected chi connectivity index (χ2v) is 5.07. The molecule has 0 unspecified atom stereocenters. The molecule has 0 aliphatic rings. The van der Waals surface area contributed by atoms with Gasteiger partial charge in [-0.05, 0) is 43.3 Å². The molecule has 130 valence electrons. The number of carbonyl (C=O) groups excluding carboxylic acids is 1. The number of nitrogens with zero attached hydrogens (tertiary/aromatic N) is 3. The van der Waals surface area contributed by atoms with Crippen molar-refractivity contribution >= 4 is 5.91 Å². The molecule has 0 bridgehead atoms. The van der Waals surface area contributed by atoms with Gasteiger partial charge in [0.15, 0.2) is 5.69 Å². The summed E-state index contributed by atoms with van der Waals surface area (Å²) in [6.07, 6.45) is 1.52. The molecule has 0 fully saturated rings. The molecular weight excluding hydrogens is 334 g/mol. The van der Waals surface area contributed by atoms with Gasteiger partial charge in [0.05, 0.1) is 24.2 Å². The molecule has 1 aromatic carbocycles. The maximum absolute atomic E-state index is 12.2. The summed E-state index contributed by atoms with van der Waals surface area (Å²) < 4.78 is 35.2. The van der Waals surface area contributed by atoms with E-state index in [1.54, 1.807) is 31.2 Å². The van der Waals surface area contributed by atoms with Gasteiger partial charge >= 0.3 is 6.61 Å². The summed E-state index contributed by atoms with van der Waals surface area (Å²) in [5.74, 6) is 0.263. The van der Waals surface area contributed by atoms with E-state index in [1.165, 1.54) is 23.1 Å². The SMILES string of the molecule is Cc1c(C(=O)NCc2ccco2)nnn1-c1ccc(OC(F)F)cc1. The van der Waals surface area contributed by atoms with Crippen molar-refractivity contribution in [3.63, 3.8) is 0 Å². The van der Waals surface area contributed by atoms with Gasteiger partial charge in [-0.1, -0.05) is 5.21 Å². The number of alkyl halides is 2. The minimum atomic E-state index is -2.89. The molecule has 0 spiro atoms. The zero-order chi connectivity index (χ0) is 17.8. The van der Waals surface area contributed by atoms with Gasteiger partial charge in [0.1, 0.15) is 11.5 Å². The third-order valence-electron chi connectivity index (χ3n) is 3.42. The van der Waals surface area contributed by atoms with Gasteiger partial charge in [0.25, 0.3) is 5.91 Å². The van der Waals surface area contributed by atoms with Crippen molar-refractivity contribution in [3.05, 3.63) is 59.8 Å². The van der Waals surface area contributed by atoms with E-state index in [4.69, 9.17) is 4.42 Å². The number of halogens is 2. The molecule has 9 heteroatoms. The third kappa shape index (κ3) is 3.82. The Bertz CT molecular complexity index is 845. The van der Waals surface area contributed by atoms with Crippen molar-refractivity contribution in [2.45, 2.75) is 20.1 Å². The Kier molecular flexibility index (Phi) is 4.73. The van der Waals surface area contributed by atoms with Crippen molar-refractivity contribution in [1.82, 2.24) is 20.3 Å². The quantitative estimate of drug-likeness (QED) is 0.741. The summed E-state index contributed by atoms with van der Waals surface area (Å²) in [6, 6.07) is 9.34. The van der Waals surface area contributed by atoms with Crippen LogP contribution in [-0.2, 0) is 6.54 Å². The lowest BCUT2D eigenvalue weighted by Crippen LogP contribution is -2.23. The Morgan fingerprint density at radius 3 is 2.72 bits per heavy atom. The molecule has 0 aliphatic carbocycles. The van der Waals surface area contributed by atoms with Crippen LogP contribution in [0.25, 0.3) is 5.69 Å². The van der Waals surface area contributed by atoms with Gasteiger partial charge in [-0.2, -0.15) is 8.78 Å². The first-order chi connectivity index (χ1) is 12.0. The second kappa shape index (κ2) is 7.12. The van der Waals surface area contributed by atoms with Crippen LogP contribution in [0.1, 0.15) is 21.9 Å². The Morgan fingerprint density at radius 1 is 1.32 bits per heavy atom. The Labute approximate surface area is 141 Å². The first kappa shape index (κ1) is 16.6. The van der Waals surface area contributed by atoms with E-state index in [9.17, 15) is 13.6 Å². The molecule has 0 atom stereocenters. The molecule has 0 aliphatic heterocycles. The number of rotatable bonds is 6. The zero-order valence-electron chi connectivity index (χ0n) is 13.1. The van der Waals surface area contributed by atoms with Gasteiger partial charge < -0.3 is 14.5 Å².